The number of rotatable bonds is 1. The van der Waals surface area contributed by atoms with Crippen LogP contribution in [0.3, 0.4) is 0 Å². The van der Waals surface area contributed by atoms with Crippen LogP contribution in [0.15, 0.2) is 36.4 Å². The zero-order chi connectivity index (χ0) is 12.0. The van der Waals surface area contributed by atoms with Crippen LogP contribution in [0.25, 0.3) is 6.08 Å². The summed E-state index contributed by atoms with van der Waals surface area (Å²) in [6.07, 6.45) is 8.84. The molecule has 2 rings (SSSR count). The lowest BCUT2D eigenvalue weighted by Crippen LogP contribution is -2.29. The van der Waals surface area contributed by atoms with Gasteiger partial charge in [0, 0.05) is 0 Å². The third kappa shape index (κ3) is 3.76. The van der Waals surface area contributed by atoms with Crippen LogP contribution in [0, 0.1) is 11.8 Å². The topological polar surface area (TPSA) is 20.2 Å². The lowest BCUT2D eigenvalue weighted by Gasteiger charge is -2.26. The van der Waals surface area contributed by atoms with Gasteiger partial charge in [0.2, 0.25) is 0 Å². The molecule has 1 aromatic rings. The minimum absolute atomic E-state index is 0.737. The van der Waals surface area contributed by atoms with E-state index < -0.39 is 5.60 Å². The van der Waals surface area contributed by atoms with Crippen LogP contribution in [0.5, 0.6) is 0 Å². The smallest absolute Gasteiger partial charge is 0.125 e. The normalized spacial score (nSPS) is 18.6. The van der Waals surface area contributed by atoms with E-state index in [2.05, 4.69) is 11.8 Å². The van der Waals surface area contributed by atoms with E-state index in [9.17, 15) is 5.11 Å². The highest BCUT2D eigenvalue weighted by molar-refractivity contribution is 5.52. The molecule has 0 radical (unpaired) electrons. The molecule has 88 valence electrons. The summed E-state index contributed by atoms with van der Waals surface area (Å²) in [6.45, 7) is 0. The van der Waals surface area contributed by atoms with Gasteiger partial charge in [0.25, 0.3) is 0 Å². The Morgan fingerprint density at radius 1 is 1.06 bits per heavy atom. The number of benzene rings is 1. The summed E-state index contributed by atoms with van der Waals surface area (Å²) in [5, 5.41) is 10.2. The van der Waals surface area contributed by atoms with Crippen LogP contribution < -0.4 is 0 Å². The molecular weight excluding hydrogens is 208 g/mol. The highest BCUT2D eigenvalue weighted by atomic mass is 16.3. The Morgan fingerprint density at radius 2 is 1.76 bits per heavy atom. The third-order valence-corrected chi connectivity index (χ3v) is 3.14. The first-order valence-electron chi connectivity index (χ1n) is 6.25. The molecule has 1 fully saturated rings. The molecule has 1 aromatic carbocycles. The lowest BCUT2D eigenvalue weighted by molar-refractivity contribution is 0.0610. The zero-order valence-corrected chi connectivity index (χ0v) is 10.0. The van der Waals surface area contributed by atoms with Gasteiger partial charge in [-0.3, -0.25) is 0 Å². The first-order chi connectivity index (χ1) is 8.29. The Labute approximate surface area is 103 Å². The molecule has 1 aliphatic rings. The van der Waals surface area contributed by atoms with E-state index in [1.807, 2.05) is 42.5 Å². The minimum Gasteiger partial charge on any atom is -0.378 e. The second-order valence-corrected chi connectivity index (χ2v) is 4.61. The summed E-state index contributed by atoms with van der Waals surface area (Å²) < 4.78 is 0. The fraction of sp³-hybridized carbons (Fsp3) is 0.375. The van der Waals surface area contributed by atoms with Gasteiger partial charge in [0.15, 0.2) is 0 Å². The summed E-state index contributed by atoms with van der Waals surface area (Å²) in [5.74, 6) is 5.95. The van der Waals surface area contributed by atoms with Crippen molar-refractivity contribution >= 4 is 6.08 Å². The summed E-state index contributed by atoms with van der Waals surface area (Å²) in [7, 11) is 0. The van der Waals surface area contributed by atoms with E-state index in [1.54, 1.807) is 0 Å². The molecule has 0 heterocycles. The second kappa shape index (κ2) is 5.70. The SMILES string of the molecule is OC1(C#C/C=C\c2ccccc2)CCCCC1. The predicted molar refractivity (Wildman–Crippen MR) is 71.3 cm³/mol. The third-order valence-electron chi connectivity index (χ3n) is 3.14. The van der Waals surface area contributed by atoms with Crippen molar-refractivity contribution in [1.29, 1.82) is 0 Å². The molecule has 0 bridgehead atoms. The molecule has 0 spiro atoms. The molecule has 0 atom stereocenters. The van der Waals surface area contributed by atoms with Crippen molar-refractivity contribution in [1.82, 2.24) is 0 Å². The van der Waals surface area contributed by atoms with Gasteiger partial charge < -0.3 is 5.11 Å². The quantitative estimate of drug-likeness (QED) is 0.728. The van der Waals surface area contributed by atoms with Crippen molar-refractivity contribution in [3.05, 3.63) is 42.0 Å². The number of allylic oxidation sites excluding steroid dienone is 1. The van der Waals surface area contributed by atoms with Crippen molar-refractivity contribution in [3.63, 3.8) is 0 Å². The average molecular weight is 226 g/mol. The van der Waals surface area contributed by atoms with Gasteiger partial charge in [0.1, 0.15) is 5.60 Å². The monoisotopic (exact) mass is 226 g/mol. The van der Waals surface area contributed by atoms with Crippen LogP contribution in [-0.2, 0) is 0 Å². The van der Waals surface area contributed by atoms with E-state index in [-0.39, 0.29) is 0 Å². The molecule has 1 saturated carbocycles. The standard InChI is InChI=1S/C16H18O/c17-16(12-6-2-7-13-16)14-8-5-11-15-9-3-1-4-10-15/h1,3-5,9-11,17H,2,6-7,12-13H2/b11-5-. The van der Waals surface area contributed by atoms with Gasteiger partial charge in [-0.05, 0) is 43.4 Å². The van der Waals surface area contributed by atoms with Crippen molar-refractivity contribution < 1.29 is 5.11 Å². The Hall–Kier alpha value is -1.52. The molecule has 0 aliphatic heterocycles. The predicted octanol–water partition coefficient (Wildman–Crippen LogP) is 3.40. The highest BCUT2D eigenvalue weighted by Gasteiger charge is 2.26. The van der Waals surface area contributed by atoms with Gasteiger partial charge in [-0.2, -0.15) is 0 Å². The molecular formula is C16H18O. The largest absolute Gasteiger partial charge is 0.378 e. The van der Waals surface area contributed by atoms with Crippen LogP contribution in [0.2, 0.25) is 0 Å². The maximum Gasteiger partial charge on any atom is 0.125 e. The van der Waals surface area contributed by atoms with E-state index in [4.69, 9.17) is 0 Å². The molecule has 17 heavy (non-hydrogen) atoms. The molecule has 1 heteroatoms. The van der Waals surface area contributed by atoms with E-state index in [0.717, 1.165) is 31.2 Å². The molecule has 1 nitrogen and oxygen atoms in total. The lowest BCUT2D eigenvalue weighted by atomic mass is 9.85. The number of aliphatic hydroxyl groups is 1. The summed E-state index contributed by atoms with van der Waals surface area (Å²) in [6, 6.07) is 10.1. The molecule has 1 N–H and O–H groups in total. The molecule has 0 saturated heterocycles. The van der Waals surface area contributed by atoms with Crippen molar-refractivity contribution in [2.75, 3.05) is 0 Å². The Kier molecular flexibility index (Phi) is 4.01. The van der Waals surface area contributed by atoms with E-state index >= 15 is 0 Å². The Morgan fingerprint density at radius 3 is 2.47 bits per heavy atom. The van der Waals surface area contributed by atoms with E-state index in [1.165, 1.54) is 6.42 Å². The van der Waals surface area contributed by atoms with Gasteiger partial charge in [0.05, 0.1) is 0 Å². The summed E-state index contributed by atoms with van der Waals surface area (Å²) in [5.41, 5.74) is 0.400. The fourth-order valence-electron chi connectivity index (χ4n) is 2.14. The minimum atomic E-state index is -0.737. The first kappa shape index (κ1) is 12.0. The highest BCUT2D eigenvalue weighted by Crippen LogP contribution is 2.27. The second-order valence-electron chi connectivity index (χ2n) is 4.61. The maximum atomic E-state index is 10.2. The molecule has 1 aliphatic carbocycles. The van der Waals surface area contributed by atoms with Crippen LogP contribution in [-0.4, -0.2) is 10.7 Å². The van der Waals surface area contributed by atoms with Crippen LogP contribution in [0.1, 0.15) is 37.7 Å². The Balaban J connectivity index is 1.96. The maximum absolute atomic E-state index is 10.2. The van der Waals surface area contributed by atoms with Crippen molar-refractivity contribution in [2.45, 2.75) is 37.7 Å². The van der Waals surface area contributed by atoms with Gasteiger partial charge >= 0.3 is 0 Å². The fourth-order valence-corrected chi connectivity index (χ4v) is 2.14. The van der Waals surface area contributed by atoms with Crippen LogP contribution >= 0.6 is 0 Å². The summed E-state index contributed by atoms with van der Waals surface area (Å²) >= 11 is 0. The first-order valence-corrected chi connectivity index (χ1v) is 6.25. The molecule has 0 aromatic heterocycles. The van der Waals surface area contributed by atoms with Gasteiger partial charge in [-0.1, -0.05) is 48.6 Å². The number of hydrogen-bond donors (Lipinski definition) is 1. The molecule has 0 unspecified atom stereocenters. The van der Waals surface area contributed by atoms with Gasteiger partial charge in [-0.25, -0.2) is 0 Å². The van der Waals surface area contributed by atoms with Gasteiger partial charge in [-0.15, -0.1) is 0 Å². The van der Waals surface area contributed by atoms with Crippen LogP contribution in [0.4, 0.5) is 0 Å². The van der Waals surface area contributed by atoms with E-state index in [0.29, 0.717) is 0 Å². The summed E-state index contributed by atoms with van der Waals surface area (Å²) in [4.78, 5) is 0. The molecule has 0 amide bonds. The van der Waals surface area contributed by atoms with Crippen molar-refractivity contribution in [2.24, 2.45) is 0 Å². The zero-order valence-electron chi connectivity index (χ0n) is 10.0. The average Bonchev–Trinajstić information content (AvgIpc) is 2.37. The Bertz CT molecular complexity index is 428. The number of hydrogen-bond acceptors (Lipinski definition) is 1. The van der Waals surface area contributed by atoms with Crippen molar-refractivity contribution in [3.8, 4) is 11.8 Å².